The van der Waals surface area contributed by atoms with E-state index in [9.17, 15) is 4.79 Å². The van der Waals surface area contributed by atoms with E-state index in [1.807, 2.05) is 25.6 Å². The van der Waals surface area contributed by atoms with Gasteiger partial charge in [-0.05, 0) is 50.2 Å². The predicted molar refractivity (Wildman–Crippen MR) is 80.1 cm³/mol. The normalized spacial score (nSPS) is 14.6. The van der Waals surface area contributed by atoms with Crippen LogP contribution >= 0.6 is 11.8 Å². The Hall–Kier alpha value is -0.220. The molecule has 4 heteroatoms. The number of methoxy groups -OCH3 is 1. The van der Waals surface area contributed by atoms with E-state index >= 15 is 0 Å². The Labute approximate surface area is 116 Å². The minimum absolute atomic E-state index is 0.156. The number of nitrogens with one attached hydrogen (secondary N) is 1. The van der Waals surface area contributed by atoms with E-state index in [2.05, 4.69) is 19.2 Å². The van der Waals surface area contributed by atoms with Gasteiger partial charge in [-0.15, -0.1) is 0 Å². The Morgan fingerprint density at radius 2 is 2.06 bits per heavy atom. The van der Waals surface area contributed by atoms with Crippen LogP contribution in [0.2, 0.25) is 0 Å². The third-order valence-electron chi connectivity index (χ3n) is 3.01. The third-order valence-corrected chi connectivity index (χ3v) is 4.11. The highest BCUT2D eigenvalue weighted by molar-refractivity contribution is 7.99. The molecule has 0 aliphatic carbocycles. The van der Waals surface area contributed by atoms with E-state index in [0.29, 0.717) is 0 Å². The molecule has 0 aromatic carbocycles. The zero-order valence-corrected chi connectivity index (χ0v) is 13.4. The average molecular weight is 275 g/mol. The molecule has 0 heterocycles. The molecular weight excluding hydrogens is 246 g/mol. The summed E-state index contributed by atoms with van der Waals surface area (Å²) in [6.07, 6.45) is 3.15. The van der Waals surface area contributed by atoms with Crippen LogP contribution in [-0.2, 0) is 9.53 Å². The van der Waals surface area contributed by atoms with Crippen LogP contribution < -0.4 is 5.32 Å². The molecule has 0 aromatic rings. The van der Waals surface area contributed by atoms with Crippen LogP contribution in [0.3, 0.4) is 0 Å². The fourth-order valence-corrected chi connectivity index (χ4v) is 3.02. The SMILES string of the molecule is CCNC(C)(CCCSCCC(C)C)C(=O)OC. The lowest BCUT2D eigenvalue weighted by atomic mass is 9.96. The van der Waals surface area contributed by atoms with Crippen molar-refractivity contribution in [1.29, 1.82) is 0 Å². The zero-order chi connectivity index (χ0) is 14.0. The molecule has 0 spiro atoms. The molecule has 1 unspecified atom stereocenters. The number of hydrogen-bond donors (Lipinski definition) is 1. The monoisotopic (exact) mass is 275 g/mol. The number of likely N-dealkylation sites (N-methyl/N-ethyl adjacent to an activating group) is 1. The van der Waals surface area contributed by atoms with Crippen LogP contribution in [0.1, 0.15) is 47.0 Å². The summed E-state index contributed by atoms with van der Waals surface area (Å²) >= 11 is 1.98. The summed E-state index contributed by atoms with van der Waals surface area (Å²) in [7, 11) is 1.45. The quantitative estimate of drug-likeness (QED) is 0.491. The maximum Gasteiger partial charge on any atom is 0.325 e. The lowest BCUT2D eigenvalue weighted by Gasteiger charge is -2.27. The summed E-state index contributed by atoms with van der Waals surface area (Å²) in [4.78, 5) is 11.7. The smallest absolute Gasteiger partial charge is 0.325 e. The van der Waals surface area contributed by atoms with Crippen molar-refractivity contribution in [2.45, 2.75) is 52.5 Å². The highest BCUT2D eigenvalue weighted by Gasteiger charge is 2.32. The highest BCUT2D eigenvalue weighted by atomic mass is 32.2. The van der Waals surface area contributed by atoms with Gasteiger partial charge in [0, 0.05) is 0 Å². The fraction of sp³-hybridized carbons (Fsp3) is 0.929. The molecule has 18 heavy (non-hydrogen) atoms. The van der Waals surface area contributed by atoms with Gasteiger partial charge in [0.2, 0.25) is 0 Å². The minimum Gasteiger partial charge on any atom is -0.468 e. The first-order valence-electron chi connectivity index (χ1n) is 6.87. The largest absolute Gasteiger partial charge is 0.468 e. The van der Waals surface area contributed by atoms with E-state index < -0.39 is 5.54 Å². The predicted octanol–water partition coefficient (Wildman–Crippen LogP) is 3.09. The molecule has 108 valence electrons. The second-order valence-electron chi connectivity index (χ2n) is 5.25. The number of carbonyl (C=O) groups excluding carboxylic acids is 1. The van der Waals surface area contributed by atoms with Crippen molar-refractivity contribution in [3.8, 4) is 0 Å². The Kier molecular flexibility index (Phi) is 9.56. The van der Waals surface area contributed by atoms with Gasteiger partial charge >= 0.3 is 5.97 Å². The second-order valence-corrected chi connectivity index (χ2v) is 6.48. The summed E-state index contributed by atoms with van der Waals surface area (Å²) in [6.45, 7) is 9.23. The van der Waals surface area contributed by atoms with E-state index in [1.54, 1.807) is 0 Å². The van der Waals surface area contributed by atoms with Crippen LogP contribution in [0.5, 0.6) is 0 Å². The van der Waals surface area contributed by atoms with Crippen molar-refractivity contribution in [3.63, 3.8) is 0 Å². The summed E-state index contributed by atoms with van der Waals surface area (Å²) in [5, 5.41) is 3.24. The Bertz CT molecular complexity index is 234. The molecule has 0 aliphatic heterocycles. The van der Waals surface area contributed by atoms with E-state index in [1.165, 1.54) is 19.3 Å². The van der Waals surface area contributed by atoms with Crippen molar-refractivity contribution in [2.75, 3.05) is 25.2 Å². The number of hydrogen-bond acceptors (Lipinski definition) is 4. The van der Waals surface area contributed by atoms with Gasteiger partial charge in [0.15, 0.2) is 0 Å². The first-order valence-corrected chi connectivity index (χ1v) is 8.03. The Morgan fingerprint density at radius 1 is 1.39 bits per heavy atom. The van der Waals surface area contributed by atoms with Gasteiger partial charge in [0.05, 0.1) is 7.11 Å². The van der Waals surface area contributed by atoms with Gasteiger partial charge in [-0.2, -0.15) is 11.8 Å². The first-order chi connectivity index (χ1) is 8.46. The molecular formula is C14H29NO2S. The van der Waals surface area contributed by atoms with E-state index in [4.69, 9.17) is 4.74 Å². The van der Waals surface area contributed by atoms with Gasteiger partial charge in [0.1, 0.15) is 5.54 Å². The molecule has 0 bridgehead atoms. The lowest BCUT2D eigenvalue weighted by molar-refractivity contribution is -0.148. The summed E-state index contributed by atoms with van der Waals surface area (Å²) in [5.74, 6) is 2.95. The molecule has 0 radical (unpaired) electrons. The van der Waals surface area contributed by atoms with Gasteiger partial charge < -0.3 is 10.1 Å². The van der Waals surface area contributed by atoms with Gasteiger partial charge in [-0.25, -0.2) is 0 Å². The average Bonchev–Trinajstić information content (AvgIpc) is 2.32. The molecule has 0 saturated carbocycles. The van der Waals surface area contributed by atoms with Crippen LogP contribution in [0, 0.1) is 5.92 Å². The van der Waals surface area contributed by atoms with Crippen molar-refractivity contribution in [1.82, 2.24) is 5.32 Å². The van der Waals surface area contributed by atoms with Gasteiger partial charge in [-0.3, -0.25) is 4.79 Å². The summed E-state index contributed by atoms with van der Waals surface area (Å²) < 4.78 is 4.87. The third kappa shape index (κ3) is 7.27. The van der Waals surface area contributed by atoms with Crippen LogP contribution in [0.25, 0.3) is 0 Å². The topological polar surface area (TPSA) is 38.3 Å². The van der Waals surface area contributed by atoms with E-state index in [-0.39, 0.29) is 5.97 Å². The maximum atomic E-state index is 11.7. The number of carbonyl (C=O) groups is 1. The maximum absolute atomic E-state index is 11.7. The fourth-order valence-electron chi connectivity index (χ4n) is 1.83. The van der Waals surface area contributed by atoms with Crippen molar-refractivity contribution >= 4 is 17.7 Å². The Morgan fingerprint density at radius 3 is 2.56 bits per heavy atom. The zero-order valence-electron chi connectivity index (χ0n) is 12.5. The molecule has 0 rings (SSSR count). The van der Waals surface area contributed by atoms with E-state index in [0.717, 1.165) is 31.1 Å². The molecule has 1 atom stereocenters. The van der Waals surface area contributed by atoms with Crippen LogP contribution in [-0.4, -0.2) is 36.7 Å². The summed E-state index contributed by atoms with van der Waals surface area (Å²) in [6, 6.07) is 0. The number of thioether (sulfide) groups is 1. The number of esters is 1. The van der Waals surface area contributed by atoms with Crippen LogP contribution in [0.15, 0.2) is 0 Å². The molecule has 0 aliphatic rings. The van der Waals surface area contributed by atoms with Crippen LogP contribution in [0.4, 0.5) is 0 Å². The first kappa shape index (κ1) is 17.8. The summed E-state index contributed by atoms with van der Waals surface area (Å²) in [5.41, 5.74) is -0.526. The molecule has 0 amide bonds. The van der Waals surface area contributed by atoms with Gasteiger partial charge in [-0.1, -0.05) is 20.8 Å². The number of rotatable bonds is 10. The lowest BCUT2D eigenvalue weighted by Crippen LogP contribution is -2.50. The Balaban J connectivity index is 3.87. The standard InChI is InChI=1S/C14H29NO2S/c1-6-15-14(4,13(16)17-5)9-7-10-18-11-8-12(2)3/h12,15H,6-11H2,1-5H3. The van der Waals surface area contributed by atoms with Crippen molar-refractivity contribution < 1.29 is 9.53 Å². The molecule has 3 nitrogen and oxygen atoms in total. The molecule has 1 N–H and O–H groups in total. The highest BCUT2D eigenvalue weighted by Crippen LogP contribution is 2.17. The van der Waals surface area contributed by atoms with Gasteiger partial charge in [0.25, 0.3) is 0 Å². The molecule has 0 aromatic heterocycles. The van der Waals surface area contributed by atoms with Crippen molar-refractivity contribution in [3.05, 3.63) is 0 Å². The minimum atomic E-state index is -0.526. The molecule has 0 saturated heterocycles. The second kappa shape index (κ2) is 9.68. The van der Waals surface area contributed by atoms with Crippen molar-refractivity contribution in [2.24, 2.45) is 5.92 Å². The number of ether oxygens (including phenoxy) is 1. The molecule has 0 fully saturated rings.